The van der Waals surface area contributed by atoms with Crippen LogP contribution in [0.25, 0.3) is 0 Å². The zero-order valence-corrected chi connectivity index (χ0v) is 22.6. The predicted octanol–water partition coefficient (Wildman–Crippen LogP) is 4.89. The summed E-state index contributed by atoms with van der Waals surface area (Å²) in [6.07, 6.45) is 4.90. The maximum absolute atomic E-state index is 13.6. The molecule has 1 aliphatic carbocycles. The quantitative estimate of drug-likeness (QED) is 0.473. The molecular weight excluding hydrogens is 533 g/mol. The van der Waals surface area contributed by atoms with Crippen molar-refractivity contribution in [2.75, 3.05) is 17.1 Å². The fourth-order valence-electron chi connectivity index (χ4n) is 4.10. The number of hydrogen-bond donors (Lipinski definition) is 1. The molecule has 0 radical (unpaired) electrons. The lowest BCUT2D eigenvalue weighted by Gasteiger charge is -2.32. The third kappa shape index (κ3) is 7.74. The van der Waals surface area contributed by atoms with Gasteiger partial charge in [0.1, 0.15) is 12.6 Å². The first-order valence-electron chi connectivity index (χ1n) is 11.2. The molecule has 190 valence electrons. The van der Waals surface area contributed by atoms with Crippen LogP contribution in [0.3, 0.4) is 0 Å². The minimum Gasteiger partial charge on any atom is -0.352 e. The van der Waals surface area contributed by atoms with Crippen LogP contribution in [0, 0.1) is 0 Å². The lowest BCUT2D eigenvalue weighted by molar-refractivity contribution is -0.139. The summed E-state index contributed by atoms with van der Waals surface area (Å²) in [5.74, 6) is -0.843. The largest absolute Gasteiger partial charge is 0.352 e. The van der Waals surface area contributed by atoms with Gasteiger partial charge in [0.05, 0.1) is 11.9 Å². The molecule has 2 aromatic rings. The molecule has 0 aromatic heterocycles. The molecule has 1 atom stereocenters. The van der Waals surface area contributed by atoms with Gasteiger partial charge in [0.25, 0.3) is 0 Å². The standard InChI is InChI=1S/C24H28Cl3N3O4S/c1-16(24(32)28-21-8-3-4-9-21)29(14-17-6-5-7-18(25)10-17)23(31)15-30(35(2,33)34)22-12-19(26)11-20(27)13-22/h5-7,10-13,16,21H,3-4,8-9,14-15H2,1-2H3,(H,28,32)/t16-/m1/s1. The number of benzene rings is 2. The highest BCUT2D eigenvalue weighted by molar-refractivity contribution is 7.92. The van der Waals surface area contributed by atoms with E-state index in [9.17, 15) is 18.0 Å². The zero-order valence-electron chi connectivity index (χ0n) is 19.5. The van der Waals surface area contributed by atoms with Gasteiger partial charge in [0, 0.05) is 27.7 Å². The molecular formula is C24H28Cl3N3O4S. The second-order valence-electron chi connectivity index (χ2n) is 8.71. The van der Waals surface area contributed by atoms with Crippen molar-refractivity contribution in [1.82, 2.24) is 10.2 Å². The number of carbonyl (C=O) groups is 2. The number of hydrogen-bond acceptors (Lipinski definition) is 4. The van der Waals surface area contributed by atoms with E-state index < -0.39 is 28.5 Å². The topological polar surface area (TPSA) is 86.8 Å². The van der Waals surface area contributed by atoms with Crippen molar-refractivity contribution in [2.45, 2.75) is 51.2 Å². The molecule has 1 N–H and O–H groups in total. The molecule has 1 fully saturated rings. The van der Waals surface area contributed by atoms with Gasteiger partial charge in [-0.15, -0.1) is 0 Å². The molecule has 0 bridgehead atoms. The Labute approximate surface area is 221 Å². The summed E-state index contributed by atoms with van der Waals surface area (Å²) in [7, 11) is -3.88. The maximum Gasteiger partial charge on any atom is 0.244 e. The van der Waals surface area contributed by atoms with Crippen molar-refractivity contribution in [1.29, 1.82) is 0 Å². The van der Waals surface area contributed by atoms with Crippen LogP contribution in [0.1, 0.15) is 38.2 Å². The highest BCUT2D eigenvalue weighted by Gasteiger charge is 2.31. The number of amides is 2. The fourth-order valence-corrected chi connectivity index (χ4v) is 5.66. The van der Waals surface area contributed by atoms with Crippen molar-refractivity contribution in [3.8, 4) is 0 Å². The molecule has 2 amide bonds. The van der Waals surface area contributed by atoms with Crippen molar-refractivity contribution in [2.24, 2.45) is 0 Å². The van der Waals surface area contributed by atoms with Crippen LogP contribution in [-0.4, -0.2) is 50.0 Å². The Morgan fingerprint density at radius 2 is 1.66 bits per heavy atom. The number of nitrogens with one attached hydrogen (secondary N) is 1. The molecule has 1 aliphatic rings. The number of sulfonamides is 1. The number of carbonyl (C=O) groups excluding carboxylic acids is 2. The Hall–Kier alpha value is -2.00. The van der Waals surface area contributed by atoms with Gasteiger partial charge in [-0.3, -0.25) is 13.9 Å². The Kier molecular flexibility index (Phi) is 9.32. The Morgan fingerprint density at radius 1 is 1.03 bits per heavy atom. The highest BCUT2D eigenvalue weighted by atomic mass is 35.5. The lowest BCUT2D eigenvalue weighted by atomic mass is 10.1. The van der Waals surface area contributed by atoms with Gasteiger partial charge in [-0.05, 0) is 55.7 Å². The summed E-state index contributed by atoms with van der Waals surface area (Å²) in [5.41, 5.74) is 0.868. The van der Waals surface area contributed by atoms with Crippen LogP contribution in [0.2, 0.25) is 15.1 Å². The van der Waals surface area contributed by atoms with E-state index in [0.29, 0.717) is 10.6 Å². The fraction of sp³-hybridized carbons (Fsp3) is 0.417. The average molecular weight is 561 g/mol. The van der Waals surface area contributed by atoms with E-state index in [1.54, 1.807) is 31.2 Å². The van der Waals surface area contributed by atoms with E-state index in [4.69, 9.17) is 34.8 Å². The Balaban J connectivity index is 1.90. The van der Waals surface area contributed by atoms with Crippen LogP contribution in [-0.2, 0) is 26.2 Å². The highest BCUT2D eigenvalue weighted by Crippen LogP contribution is 2.27. The molecule has 1 saturated carbocycles. The van der Waals surface area contributed by atoms with Crippen molar-refractivity contribution >= 4 is 62.3 Å². The molecule has 0 unspecified atom stereocenters. The summed E-state index contributed by atoms with van der Waals surface area (Å²) < 4.78 is 26.2. The first kappa shape index (κ1) is 27.6. The van der Waals surface area contributed by atoms with Crippen LogP contribution in [0.15, 0.2) is 42.5 Å². The van der Waals surface area contributed by atoms with Gasteiger partial charge >= 0.3 is 0 Å². The van der Waals surface area contributed by atoms with Gasteiger partial charge < -0.3 is 10.2 Å². The molecule has 11 heteroatoms. The monoisotopic (exact) mass is 559 g/mol. The second-order valence-corrected chi connectivity index (χ2v) is 11.9. The second kappa shape index (κ2) is 11.8. The molecule has 0 heterocycles. The normalized spacial score (nSPS) is 15.0. The number of rotatable bonds is 9. The van der Waals surface area contributed by atoms with Gasteiger partial charge in [0.15, 0.2) is 0 Å². The Bertz CT molecular complexity index is 1170. The van der Waals surface area contributed by atoms with Crippen LogP contribution < -0.4 is 9.62 Å². The van der Waals surface area contributed by atoms with Gasteiger partial charge in [0.2, 0.25) is 21.8 Å². The third-order valence-electron chi connectivity index (χ3n) is 5.93. The molecule has 0 spiro atoms. The summed E-state index contributed by atoms with van der Waals surface area (Å²) in [5, 5.41) is 3.97. The molecule has 2 aromatic carbocycles. The van der Waals surface area contributed by atoms with E-state index in [1.165, 1.54) is 23.1 Å². The Morgan fingerprint density at radius 3 is 2.23 bits per heavy atom. The minimum atomic E-state index is -3.88. The van der Waals surface area contributed by atoms with Gasteiger partial charge in [-0.25, -0.2) is 8.42 Å². The number of halogens is 3. The molecule has 7 nitrogen and oxygen atoms in total. The molecule has 3 rings (SSSR count). The van der Waals surface area contributed by atoms with Crippen molar-refractivity contribution in [3.63, 3.8) is 0 Å². The maximum atomic E-state index is 13.6. The molecule has 35 heavy (non-hydrogen) atoms. The van der Waals surface area contributed by atoms with E-state index >= 15 is 0 Å². The SMILES string of the molecule is C[C@H](C(=O)NC1CCCC1)N(Cc1cccc(Cl)c1)C(=O)CN(c1cc(Cl)cc(Cl)c1)S(C)(=O)=O. The van der Waals surface area contributed by atoms with Crippen LogP contribution in [0.4, 0.5) is 5.69 Å². The van der Waals surface area contributed by atoms with Crippen LogP contribution in [0.5, 0.6) is 0 Å². The predicted molar refractivity (Wildman–Crippen MR) is 141 cm³/mol. The number of nitrogens with zero attached hydrogens (tertiary/aromatic N) is 2. The number of anilines is 1. The van der Waals surface area contributed by atoms with Gasteiger partial charge in [-0.2, -0.15) is 0 Å². The van der Waals surface area contributed by atoms with E-state index in [0.717, 1.165) is 36.2 Å². The summed E-state index contributed by atoms with van der Waals surface area (Å²) in [6, 6.07) is 10.5. The smallest absolute Gasteiger partial charge is 0.244 e. The lowest BCUT2D eigenvalue weighted by Crippen LogP contribution is -2.52. The van der Waals surface area contributed by atoms with Crippen molar-refractivity contribution < 1.29 is 18.0 Å². The van der Waals surface area contributed by atoms with Gasteiger partial charge in [-0.1, -0.05) is 59.8 Å². The third-order valence-corrected chi connectivity index (χ3v) is 7.74. The first-order valence-corrected chi connectivity index (χ1v) is 14.2. The summed E-state index contributed by atoms with van der Waals surface area (Å²) in [6.45, 7) is 1.18. The van der Waals surface area contributed by atoms with E-state index in [1.807, 2.05) is 0 Å². The summed E-state index contributed by atoms with van der Waals surface area (Å²) in [4.78, 5) is 28.0. The van der Waals surface area contributed by atoms with E-state index in [-0.39, 0.29) is 34.2 Å². The van der Waals surface area contributed by atoms with Crippen LogP contribution >= 0.6 is 34.8 Å². The average Bonchev–Trinajstić information content (AvgIpc) is 3.26. The molecule has 0 saturated heterocycles. The molecule has 0 aliphatic heterocycles. The first-order chi connectivity index (χ1) is 16.4. The van der Waals surface area contributed by atoms with E-state index in [2.05, 4.69) is 5.32 Å². The minimum absolute atomic E-state index is 0.0759. The zero-order chi connectivity index (χ0) is 25.8. The summed E-state index contributed by atoms with van der Waals surface area (Å²) >= 11 is 18.3. The van der Waals surface area contributed by atoms with Crippen molar-refractivity contribution in [3.05, 3.63) is 63.1 Å².